The van der Waals surface area contributed by atoms with Crippen molar-refractivity contribution < 1.29 is 4.74 Å². The molecular formula is C15H17N3O. The highest BCUT2D eigenvalue weighted by Gasteiger charge is 2.22. The summed E-state index contributed by atoms with van der Waals surface area (Å²) in [5.74, 6) is 0.743. The molecule has 0 spiro atoms. The van der Waals surface area contributed by atoms with Crippen LogP contribution in [-0.2, 0) is 0 Å². The summed E-state index contributed by atoms with van der Waals surface area (Å²) in [4.78, 5) is 4.28. The van der Waals surface area contributed by atoms with E-state index in [1.54, 1.807) is 13.1 Å². The fourth-order valence-electron chi connectivity index (χ4n) is 2.04. The summed E-state index contributed by atoms with van der Waals surface area (Å²) in [6.07, 6.45) is 2.10. The molecule has 2 N–H and O–H groups in total. The van der Waals surface area contributed by atoms with Crippen LogP contribution in [0.3, 0.4) is 0 Å². The smallest absolute Gasteiger partial charge is 0.121 e. The second-order valence-corrected chi connectivity index (χ2v) is 5.02. The standard InChI is InChI=1S/C15H17N3O/c1-11(9-15(2,17)10-16)19-13-6-5-12-4-3-7-18-14(12)8-13/h3-8,11H,9,17H2,1-2H3. The molecule has 2 atom stereocenters. The molecule has 0 fully saturated rings. The minimum absolute atomic E-state index is 0.129. The summed E-state index contributed by atoms with van der Waals surface area (Å²) in [7, 11) is 0. The molecular weight excluding hydrogens is 238 g/mol. The zero-order chi connectivity index (χ0) is 13.9. The zero-order valence-electron chi connectivity index (χ0n) is 11.1. The van der Waals surface area contributed by atoms with E-state index in [-0.39, 0.29) is 6.10 Å². The minimum Gasteiger partial charge on any atom is -0.491 e. The van der Waals surface area contributed by atoms with E-state index >= 15 is 0 Å². The van der Waals surface area contributed by atoms with Gasteiger partial charge in [-0.25, -0.2) is 0 Å². The lowest BCUT2D eigenvalue weighted by atomic mass is 9.98. The van der Waals surface area contributed by atoms with Gasteiger partial charge < -0.3 is 10.5 Å². The fourth-order valence-corrected chi connectivity index (χ4v) is 2.04. The highest BCUT2D eigenvalue weighted by Crippen LogP contribution is 2.21. The molecule has 0 aliphatic rings. The summed E-state index contributed by atoms with van der Waals surface area (Å²) in [5, 5.41) is 9.98. The number of benzene rings is 1. The molecule has 4 nitrogen and oxygen atoms in total. The topological polar surface area (TPSA) is 71.9 Å². The molecule has 2 rings (SSSR count). The van der Waals surface area contributed by atoms with E-state index < -0.39 is 5.54 Å². The lowest BCUT2D eigenvalue weighted by molar-refractivity contribution is 0.191. The van der Waals surface area contributed by atoms with Crippen molar-refractivity contribution >= 4 is 10.9 Å². The molecule has 19 heavy (non-hydrogen) atoms. The summed E-state index contributed by atoms with van der Waals surface area (Å²) < 4.78 is 5.79. The monoisotopic (exact) mass is 255 g/mol. The fraction of sp³-hybridized carbons (Fsp3) is 0.333. The molecule has 98 valence electrons. The summed E-state index contributed by atoms with van der Waals surface area (Å²) in [6, 6.07) is 11.7. The largest absolute Gasteiger partial charge is 0.491 e. The Morgan fingerprint density at radius 2 is 2.26 bits per heavy atom. The highest BCUT2D eigenvalue weighted by atomic mass is 16.5. The van der Waals surface area contributed by atoms with Crippen LogP contribution >= 0.6 is 0 Å². The van der Waals surface area contributed by atoms with E-state index in [9.17, 15) is 0 Å². The number of nitriles is 1. The van der Waals surface area contributed by atoms with E-state index in [2.05, 4.69) is 11.1 Å². The van der Waals surface area contributed by atoms with Gasteiger partial charge in [0.15, 0.2) is 0 Å². The Labute approximate surface area is 112 Å². The molecule has 2 unspecified atom stereocenters. The molecule has 0 bridgehead atoms. The summed E-state index contributed by atoms with van der Waals surface area (Å²) in [6.45, 7) is 3.61. The maximum atomic E-state index is 8.91. The van der Waals surface area contributed by atoms with Crippen molar-refractivity contribution in [3.8, 4) is 11.8 Å². The van der Waals surface area contributed by atoms with E-state index in [0.29, 0.717) is 6.42 Å². The van der Waals surface area contributed by atoms with Gasteiger partial charge in [-0.3, -0.25) is 4.98 Å². The third-order valence-corrected chi connectivity index (χ3v) is 2.88. The number of rotatable bonds is 4. The molecule has 1 aromatic heterocycles. The van der Waals surface area contributed by atoms with Gasteiger partial charge in [0.05, 0.1) is 17.7 Å². The number of nitrogens with zero attached hydrogens (tertiary/aromatic N) is 2. The van der Waals surface area contributed by atoms with Gasteiger partial charge in [-0.15, -0.1) is 0 Å². The SMILES string of the molecule is CC(CC(C)(N)C#N)Oc1ccc2cccnc2c1. The molecule has 0 aliphatic carbocycles. The molecule has 0 saturated carbocycles. The van der Waals surface area contributed by atoms with Crippen LogP contribution in [0.1, 0.15) is 20.3 Å². The third kappa shape index (κ3) is 3.43. The van der Waals surface area contributed by atoms with E-state index in [1.165, 1.54) is 0 Å². The predicted molar refractivity (Wildman–Crippen MR) is 74.7 cm³/mol. The Kier molecular flexibility index (Phi) is 3.68. The lowest BCUT2D eigenvalue weighted by Crippen LogP contribution is -2.38. The van der Waals surface area contributed by atoms with E-state index in [4.69, 9.17) is 15.7 Å². The Bertz CT molecular complexity index is 616. The van der Waals surface area contributed by atoms with Crippen LogP contribution in [0.15, 0.2) is 36.5 Å². The average Bonchev–Trinajstić information content (AvgIpc) is 2.38. The van der Waals surface area contributed by atoms with Crippen molar-refractivity contribution in [3.63, 3.8) is 0 Å². The third-order valence-electron chi connectivity index (χ3n) is 2.88. The molecule has 1 aromatic carbocycles. The van der Waals surface area contributed by atoms with Crippen LogP contribution < -0.4 is 10.5 Å². The van der Waals surface area contributed by atoms with Crippen molar-refractivity contribution in [1.82, 2.24) is 4.98 Å². The van der Waals surface area contributed by atoms with Crippen LogP contribution in [0.5, 0.6) is 5.75 Å². The maximum absolute atomic E-state index is 8.91. The van der Waals surface area contributed by atoms with Crippen molar-refractivity contribution in [1.29, 1.82) is 5.26 Å². The van der Waals surface area contributed by atoms with Gasteiger partial charge in [-0.1, -0.05) is 6.07 Å². The van der Waals surface area contributed by atoms with Crippen molar-refractivity contribution in [2.75, 3.05) is 0 Å². The van der Waals surface area contributed by atoms with E-state index in [0.717, 1.165) is 16.7 Å². The van der Waals surface area contributed by atoms with Crippen molar-refractivity contribution in [2.45, 2.75) is 31.9 Å². The first kappa shape index (κ1) is 13.3. The van der Waals surface area contributed by atoms with Crippen LogP contribution in [0.2, 0.25) is 0 Å². The van der Waals surface area contributed by atoms with Gasteiger partial charge in [-0.05, 0) is 32.0 Å². The number of aromatic nitrogens is 1. The number of nitrogens with two attached hydrogens (primary N) is 1. The highest BCUT2D eigenvalue weighted by molar-refractivity contribution is 5.79. The Morgan fingerprint density at radius 1 is 1.47 bits per heavy atom. The van der Waals surface area contributed by atoms with E-state index in [1.807, 2.05) is 37.3 Å². The first-order valence-electron chi connectivity index (χ1n) is 6.22. The molecule has 0 radical (unpaired) electrons. The van der Waals surface area contributed by atoms with Crippen LogP contribution in [-0.4, -0.2) is 16.6 Å². The zero-order valence-corrected chi connectivity index (χ0v) is 11.1. The molecule has 1 heterocycles. The normalized spacial score (nSPS) is 15.5. The van der Waals surface area contributed by atoms with Gasteiger partial charge in [0.1, 0.15) is 11.3 Å². The second-order valence-electron chi connectivity index (χ2n) is 5.02. The number of ether oxygens (including phenoxy) is 1. The molecule has 0 aliphatic heterocycles. The van der Waals surface area contributed by atoms with Crippen LogP contribution in [0, 0.1) is 11.3 Å². The van der Waals surface area contributed by atoms with Crippen LogP contribution in [0.4, 0.5) is 0 Å². The maximum Gasteiger partial charge on any atom is 0.121 e. The summed E-state index contributed by atoms with van der Waals surface area (Å²) in [5.41, 5.74) is 5.83. The number of pyridine rings is 1. The Hall–Kier alpha value is -2.12. The van der Waals surface area contributed by atoms with Crippen LogP contribution in [0.25, 0.3) is 10.9 Å². The number of hydrogen-bond donors (Lipinski definition) is 1. The summed E-state index contributed by atoms with van der Waals surface area (Å²) >= 11 is 0. The average molecular weight is 255 g/mol. The second kappa shape index (κ2) is 5.25. The quantitative estimate of drug-likeness (QED) is 0.911. The van der Waals surface area contributed by atoms with Gasteiger partial charge in [0.2, 0.25) is 0 Å². The molecule has 4 heteroatoms. The predicted octanol–water partition coefficient (Wildman–Crippen LogP) is 2.63. The van der Waals surface area contributed by atoms with Crippen molar-refractivity contribution in [2.24, 2.45) is 5.73 Å². The molecule has 0 amide bonds. The Balaban J connectivity index is 2.11. The first-order valence-corrected chi connectivity index (χ1v) is 6.22. The molecule has 2 aromatic rings. The van der Waals surface area contributed by atoms with Crippen molar-refractivity contribution in [3.05, 3.63) is 36.5 Å². The number of hydrogen-bond acceptors (Lipinski definition) is 4. The van der Waals surface area contributed by atoms with Gasteiger partial charge in [0.25, 0.3) is 0 Å². The first-order chi connectivity index (χ1) is 9.00. The number of fused-ring (bicyclic) bond motifs is 1. The Morgan fingerprint density at radius 3 is 3.00 bits per heavy atom. The molecule has 0 saturated heterocycles. The van der Waals surface area contributed by atoms with Gasteiger partial charge >= 0.3 is 0 Å². The van der Waals surface area contributed by atoms with Gasteiger partial charge in [0, 0.05) is 24.1 Å². The minimum atomic E-state index is -0.867. The van der Waals surface area contributed by atoms with Gasteiger partial charge in [-0.2, -0.15) is 5.26 Å². The lowest BCUT2D eigenvalue weighted by Gasteiger charge is -2.21.